The van der Waals surface area contributed by atoms with Crippen molar-refractivity contribution in [1.82, 2.24) is 0 Å². The van der Waals surface area contributed by atoms with Crippen molar-refractivity contribution in [2.24, 2.45) is 0 Å². The molecule has 0 heterocycles. The first-order chi connectivity index (χ1) is 5.85. The number of benzene rings is 1. The summed E-state index contributed by atoms with van der Waals surface area (Å²) in [6.45, 7) is 0.375. The maximum absolute atomic E-state index is 10.0. The van der Waals surface area contributed by atoms with Gasteiger partial charge in [0.15, 0.2) is 0 Å². The highest BCUT2D eigenvalue weighted by Gasteiger charge is 1.79. The molecule has 0 spiro atoms. The van der Waals surface area contributed by atoms with E-state index >= 15 is 0 Å². The standard InChI is InChI=1S/C7H6O.C2H4O2/c8-6-7-4-2-1-3-5-7;1-4-2-3/h1-6H;2H,1H3. The van der Waals surface area contributed by atoms with Gasteiger partial charge in [0.25, 0.3) is 6.47 Å². The molecule has 3 heteroatoms. The summed E-state index contributed by atoms with van der Waals surface area (Å²) < 4.78 is 3.86. The van der Waals surface area contributed by atoms with Gasteiger partial charge < -0.3 is 4.74 Å². The van der Waals surface area contributed by atoms with Crippen molar-refractivity contribution in [2.45, 2.75) is 0 Å². The lowest BCUT2D eigenvalue weighted by molar-refractivity contribution is -0.126. The number of carbonyl (C=O) groups is 2. The van der Waals surface area contributed by atoms with Gasteiger partial charge in [0, 0.05) is 5.56 Å². The molecule has 12 heavy (non-hydrogen) atoms. The third kappa shape index (κ3) is 5.17. The summed E-state index contributed by atoms with van der Waals surface area (Å²) >= 11 is 0. The maximum atomic E-state index is 10.0. The van der Waals surface area contributed by atoms with E-state index in [-0.39, 0.29) is 0 Å². The molecule has 0 aliphatic rings. The largest absolute Gasteiger partial charge is 0.471 e. The number of aldehydes is 1. The number of hydrogen-bond acceptors (Lipinski definition) is 3. The molecule has 0 atom stereocenters. The Bertz CT molecular complexity index is 218. The van der Waals surface area contributed by atoms with Crippen molar-refractivity contribution in [1.29, 1.82) is 0 Å². The first-order valence-corrected chi connectivity index (χ1v) is 3.31. The number of methoxy groups -OCH3 is 1. The zero-order valence-corrected chi connectivity index (χ0v) is 6.77. The average Bonchev–Trinajstić information content (AvgIpc) is 2.19. The number of rotatable bonds is 2. The Morgan fingerprint density at radius 1 is 1.17 bits per heavy atom. The van der Waals surface area contributed by atoms with Crippen LogP contribution >= 0.6 is 0 Å². The summed E-state index contributed by atoms with van der Waals surface area (Å²) in [6, 6.07) is 9.10. The summed E-state index contributed by atoms with van der Waals surface area (Å²) in [7, 11) is 1.31. The van der Waals surface area contributed by atoms with Crippen LogP contribution in [0.2, 0.25) is 0 Å². The minimum atomic E-state index is 0.375. The SMILES string of the molecule is COC=O.O=Cc1ccccc1. The Morgan fingerprint density at radius 3 is 1.92 bits per heavy atom. The van der Waals surface area contributed by atoms with Crippen LogP contribution in [0.15, 0.2) is 30.3 Å². The monoisotopic (exact) mass is 166 g/mol. The smallest absolute Gasteiger partial charge is 0.292 e. The Balaban J connectivity index is 0.000000261. The van der Waals surface area contributed by atoms with Gasteiger partial charge in [0.05, 0.1) is 7.11 Å². The van der Waals surface area contributed by atoms with E-state index in [0.29, 0.717) is 6.47 Å². The molecule has 0 aromatic heterocycles. The summed E-state index contributed by atoms with van der Waals surface area (Å²) in [4.78, 5) is 19.0. The van der Waals surface area contributed by atoms with Crippen molar-refractivity contribution in [3.05, 3.63) is 35.9 Å². The first kappa shape index (κ1) is 10.4. The molecular formula is C9H10O3. The summed E-state index contributed by atoms with van der Waals surface area (Å²) in [5, 5.41) is 0. The lowest BCUT2D eigenvalue weighted by Crippen LogP contribution is -1.73. The van der Waals surface area contributed by atoms with E-state index in [1.54, 1.807) is 12.1 Å². The molecule has 0 bridgehead atoms. The number of carbonyl (C=O) groups excluding carboxylic acids is 2. The van der Waals surface area contributed by atoms with Crippen LogP contribution in [0.25, 0.3) is 0 Å². The molecule has 0 radical (unpaired) electrons. The van der Waals surface area contributed by atoms with Crippen LogP contribution in [-0.2, 0) is 9.53 Å². The third-order valence-electron chi connectivity index (χ3n) is 1.03. The van der Waals surface area contributed by atoms with Gasteiger partial charge in [0.1, 0.15) is 6.29 Å². The summed E-state index contributed by atoms with van der Waals surface area (Å²) in [6.07, 6.45) is 0.833. The van der Waals surface area contributed by atoms with E-state index in [0.717, 1.165) is 11.8 Å². The van der Waals surface area contributed by atoms with Crippen molar-refractivity contribution in [2.75, 3.05) is 7.11 Å². The fraction of sp³-hybridized carbons (Fsp3) is 0.111. The van der Waals surface area contributed by atoms with Gasteiger partial charge in [-0.2, -0.15) is 0 Å². The van der Waals surface area contributed by atoms with E-state index in [2.05, 4.69) is 4.74 Å². The Hall–Kier alpha value is -1.64. The van der Waals surface area contributed by atoms with E-state index in [1.807, 2.05) is 18.2 Å². The van der Waals surface area contributed by atoms with Crippen molar-refractivity contribution < 1.29 is 14.3 Å². The topological polar surface area (TPSA) is 43.4 Å². The molecule has 0 fully saturated rings. The molecule has 64 valence electrons. The van der Waals surface area contributed by atoms with Gasteiger partial charge in [-0.3, -0.25) is 9.59 Å². The van der Waals surface area contributed by atoms with Gasteiger partial charge >= 0.3 is 0 Å². The zero-order chi connectivity index (χ0) is 9.23. The third-order valence-corrected chi connectivity index (χ3v) is 1.03. The fourth-order valence-corrected chi connectivity index (χ4v) is 0.532. The first-order valence-electron chi connectivity index (χ1n) is 3.31. The predicted molar refractivity (Wildman–Crippen MR) is 44.9 cm³/mol. The maximum Gasteiger partial charge on any atom is 0.292 e. The molecule has 0 unspecified atom stereocenters. The van der Waals surface area contributed by atoms with E-state index < -0.39 is 0 Å². The van der Waals surface area contributed by atoms with Crippen LogP contribution in [0.3, 0.4) is 0 Å². The van der Waals surface area contributed by atoms with E-state index in [9.17, 15) is 4.79 Å². The molecule has 3 nitrogen and oxygen atoms in total. The van der Waals surface area contributed by atoms with Crippen LogP contribution in [0.5, 0.6) is 0 Å². The van der Waals surface area contributed by atoms with Crippen LogP contribution in [0, 0.1) is 0 Å². The molecular weight excluding hydrogens is 156 g/mol. The Kier molecular flexibility index (Phi) is 6.45. The van der Waals surface area contributed by atoms with Gasteiger partial charge in [-0.25, -0.2) is 0 Å². The van der Waals surface area contributed by atoms with Gasteiger partial charge in [-0.05, 0) is 0 Å². The normalized spacial score (nSPS) is 7.42. The van der Waals surface area contributed by atoms with Crippen LogP contribution in [0.1, 0.15) is 10.4 Å². The van der Waals surface area contributed by atoms with Crippen LogP contribution < -0.4 is 0 Å². The quantitative estimate of drug-likeness (QED) is 0.622. The van der Waals surface area contributed by atoms with Crippen molar-refractivity contribution >= 4 is 12.8 Å². The van der Waals surface area contributed by atoms with E-state index in [4.69, 9.17) is 4.79 Å². The van der Waals surface area contributed by atoms with Crippen molar-refractivity contribution in [3.63, 3.8) is 0 Å². The highest BCUT2D eigenvalue weighted by molar-refractivity contribution is 5.74. The molecule has 1 aromatic carbocycles. The second kappa shape index (κ2) is 7.47. The minimum absolute atomic E-state index is 0.375. The molecule has 0 N–H and O–H groups in total. The molecule has 0 saturated heterocycles. The number of hydrogen-bond donors (Lipinski definition) is 0. The van der Waals surface area contributed by atoms with Gasteiger partial charge in [0.2, 0.25) is 0 Å². The highest BCUT2D eigenvalue weighted by Crippen LogP contribution is 1.91. The van der Waals surface area contributed by atoms with E-state index in [1.165, 1.54) is 7.11 Å². The zero-order valence-electron chi connectivity index (χ0n) is 6.77. The fourth-order valence-electron chi connectivity index (χ4n) is 0.532. The van der Waals surface area contributed by atoms with Gasteiger partial charge in [-0.15, -0.1) is 0 Å². The lowest BCUT2D eigenvalue weighted by Gasteiger charge is -1.81. The second-order valence-corrected chi connectivity index (χ2v) is 1.86. The Labute approximate surface area is 71.0 Å². The summed E-state index contributed by atoms with van der Waals surface area (Å²) in [5.74, 6) is 0. The average molecular weight is 166 g/mol. The van der Waals surface area contributed by atoms with Crippen molar-refractivity contribution in [3.8, 4) is 0 Å². The van der Waals surface area contributed by atoms with Gasteiger partial charge in [-0.1, -0.05) is 30.3 Å². The molecule has 0 amide bonds. The van der Waals surface area contributed by atoms with Crippen LogP contribution in [-0.4, -0.2) is 19.9 Å². The predicted octanol–water partition coefficient (Wildman–Crippen LogP) is 1.29. The molecule has 0 aliphatic heterocycles. The number of ether oxygens (including phenoxy) is 1. The van der Waals surface area contributed by atoms with Crippen LogP contribution in [0.4, 0.5) is 0 Å². The Morgan fingerprint density at radius 2 is 1.67 bits per heavy atom. The summed E-state index contributed by atoms with van der Waals surface area (Å²) in [5.41, 5.74) is 0.729. The molecule has 1 aromatic rings. The lowest BCUT2D eigenvalue weighted by atomic mass is 10.2. The molecule has 0 aliphatic carbocycles. The second-order valence-electron chi connectivity index (χ2n) is 1.86. The molecule has 1 rings (SSSR count). The molecule has 0 saturated carbocycles. The highest BCUT2D eigenvalue weighted by atomic mass is 16.5. The minimum Gasteiger partial charge on any atom is -0.471 e.